The number of hydrogen-bond acceptors (Lipinski definition) is 5. The van der Waals surface area contributed by atoms with E-state index in [1.54, 1.807) is 42.6 Å². The highest BCUT2D eigenvalue weighted by molar-refractivity contribution is 7.89. The van der Waals surface area contributed by atoms with E-state index in [-0.39, 0.29) is 28.8 Å². The summed E-state index contributed by atoms with van der Waals surface area (Å²) in [5.74, 6) is 0.871. The van der Waals surface area contributed by atoms with Crippen LogP contribution < -0.4 is 0 Å². The SMILES string of the molecule is Cc1ccc(S(=O)(=O)N(CC[C@@H]2C[C@H]2c2cc3ccccc3o2)C(=O)c2cccnc2)cc1. The second-order valence-corrected chi connectivity index (χ2v) is 10.4. The first-order chi connectivity index (χ1) is 15.9. The Balaban J connectivity index is 1.37. The topological polar surface area (TPSA) is 80.5 Å². The summed E-state index contributed by atoms with van der Waals surface area (Å²) in [5.41, 5.74) is 2.05. The molecule has 2 aromatic carbocycles. The van der Waals surface area contributed by atoms with E-state index in [2.05, 4.69) is 11.1 Å². The van der Waals surface area contributed by atoms with Crippen LogP contribution in [0.2, 0.25) is 0 Å². The van der Waals surface area contributed by atoms with E-state index in [4.69, 9.17) is 4.42 Å². The summed E-state index contributed by atoms with van der Waals surface area (Å²) >= 11 is 0. The molecule has 0 aliphatic heterocycles. The Kier molecular flexibility index (Phi) is 5.50. The number of rotatable bonds is 7. The van der Waals surface area contributed by atoms with E-state index >= 15 is 0 Å². The van der Waals surface area contributed by atoms with Gasteiger partial charge in [0, 0.05) is 30.2 Å². The summed E-state index contributed by atoms with van der Waals surface area (Å²) in [6.07, 6.45) is 4.43. The van der Waals surface area contributed by atoms with Crippen molar-refractivity contribution < 1.29 is 17.6 Å². The largest absolute Gasteiger partial charge is 0.461 e. The number of carbonyl (C=O) groups excluding carboxylic acids is 1. The number of aryl methyl sites for hydroxylation is 1. The van der Waals surface area contributed by atoms with Crippen LogP contribution in [0.15, 0.2) is 88.4 Å². The van der Waals surface area contributed by atoms with Crippen molar-refractivity contribution >= 4 is 26.9 Å². The number of furan rings is 1. The average Bonchev–Trinajstić information content (AvgIpc) is 3.47. The van der Waals surface area contributed by atoms with Gasteiger partial charge < -0.3 is 4.42 Å². The molecule has 5 rings (SSSR count). The molecular formula is C26H24N2O4S. The van der Waals surface area contributed by atoms with E-state index in [1.165, 1.54) is 6.20 Å². The lowest BCUT2D eigenvalue weighted by Gasteiger charge is -2.22. The molecule has 168 valence electrons. The molecule has 4 aromatic rings. The average molecular weight is 461 g/mol. The van der Waals surface area contributed by atoms with Gasteiger partial charge in [-0.3, -0.25) is 9.78 Å². The molecule has 2 aromatic heterocycles. The first-order valence-corrected chi connectivity index (χ1v) is 12.4. The summed E-state index contributed by atoms with van der Waals surface area (Å²) in [4.78, 5) is 17.3. The van der Waals surface area contributed by atoms with Crippen LogP contribution in [0.4, 0.5) is 0 Å². The van der Waals surface area contributed by atoms with Crippen molar-refractivity contribution in [1.29, 1.82) is 0 Å². The molecule has 1 aliphatic rings. The molecule has 1 fully saturated rings. The highest BCUT2D eigenvalue weighted by Gasteiger charge is 2.42. The van der Waals surface area contributed by atoms with Crippen molar-refractivity contribution in [3.8, 4) is 0 Å². The molecule has 0 unspecified atom stereocenters. The molecule has 0 saturated heterocycles. The molecular weight excluding hydrogens is 436 g/mol. The predicted molar refractivity (Wildman–Crippen MR) is 125 cm³/mol. The van der Waals surface area contributed by atoms with Gasteiger partial charge >= 0.3 is 0 Å². The van der Waals surface area contributed by atoms with Gasteiger partial charge in [-0.15, -0.1) is 0 Å². The van der Waals surface area contributed by atoms with E-state index in [1.807, 2.05) is 31.2 Å². The van der Waals surface area contributed by atoms with Gasteiger partial charge in [-0.05, 0) is 62.1 Å². The van der Waals surface area contributed by atoms with Crippen LogP contribution in [0.5, 0.6) is 0 Å². The van der Waals surface area contributed by atoms with Gasteiger partial charge in [-0.25, -0.2) is 12.7 Å². The van der Waals surface area contributed by atoms with Crippen LogP contribution >= 0.6 is 0 Å². The Morgan fingerprint density at radius 3 is 2.61 bits per heavy atom. The van der Waals surface area contributed by atoms with Crippen LogP contribution in [0.3, 0.4) is 0 Å². The third-order valence-electron chi connectivity index (χ3n) is 6.18. The molecule has 1 amide bonds. The van der Waals surface area contributed by atoms with Gasteiger partial charge in [0.15, 0.2) is 0 Å². The quantitative estimate of drug-likeness (QED) is 0.380. The van der Waals surface area contributed by atoms with Gasteiger partial charge in [0.1, 0.15) is 11.3 Å². The first-order valence-electron chi connectivity index (χ1n) is 11.0. The van der Waals surface area contributed by atoms with Gasteiger partial charge in [0.2, 0.25) is 0 Å². The van der Waals surface area contributed by atoms with Crippen LogP contribution in [0.1, 0.15) is 40.4 Å². The van der Waals surface area contributed by atoms with Gasteiger partial charge in [-0.1, -0.05) is 35.9 Å². The summed E-state index contributed by atoms with van der Waals surface area (Å²) in [6.45, 7) is 1.99. The molecule has 7 heteroatoms. The minimum atomic E-state index is -4.00. The number of aromatic nitrogens is 1. The number of carbonyl (C=O) groups is 1. The van der Waals surface area contributed by atoms with Gasteiger partial charge in [0.25, 0.3) is 15.9 Å². The van der Waals surface area contributed by atoms with E-state index in [0.29, 0.717) is 6.42 Å². The van der Waals surface area contributed by atoms with Crippen molar-refractivity contribution in [3.05, 3.63) is 96.0 Å². The Hall–Kier alpha value is -3.45. The van der Waals surface area contributed by atoms with E-state index < -0.39 is 15.9 Å². The summed E-state index contributed by atoms with van der Waals surface area (Å²) in [6, 6.07) is 19.7. The maximum Gasteiger partial charge on any atom is 0.269 e. The standard InChI is InChI=1S/C26H24N2O4S/c1-18-8-10-22(11-9-18)33(30,31)28(26(29)21-6-4-13-27-17-21)14-12-19-15-23(19)25-16-20-5-2-3-7-24(20)32-25/h2-11,13,16-17,19,23H,12,14-15H2,1H3/t19-,23-/m1/s1. The Morgan fingerprint density at radius 2 is 1.88 bits per heavy atom. The minimum absolute atomic E-state index is 0.103. The van der Waals surface area contributed by atoms with Crippen molar-refractivity contribution in [1.82, 2.24) is 9.29 Å². The van der Waals surface area contributed by atoms with E-state index in [9.17, 15) is 13.2 Å². The van der Waals surface area contributed by atoms with E-state index in [0.717, 1.165) is 33.0 Å². The fraction of sp³-hybridized carbons (Fsp3) is 0.231. The predicted octanol–water partition coefficient (Wildman–Crippen LogP) is 5.16. The fourth-order valence-corrected chi connectivity index (χ4v) is 5.59. The number of sulfonamides is 1. The highest BCUT2D eigenvalue weighted by Crippen LogP contribution is 2.51. The molecule has 0 radical (unpaired) electrons. The monoisotopic (exact) mass is 460 g/mol. The summed E-state index contributed by atoms with van der Waals surface area (Å²) < 4.78 is 33.8. The molecule has 0 bridgehead atoms. The highest BCUT2D eigenvalue weighted by atomic mass is 32.2. The molecule has 33 heavy (non-hydrogen) atoms. The summed E-state index contributed by atoms with van der Waals surface area (Å²) in [7, 11) is -4.00. The molecule has 0 N–H and O–H groups in total. The second kappa shape index (κ2) is 8.48. The van der Waals surface area contributed by atoms with Crippen LogP contribution in [-0.2, 0) is 10.0 Å². The number of fused-ring (bicyclic) bond motifs is 1. The van der Waals surface area contributed by atoms with Crippen molar-refractivity contribution in [3.63, 3.8) is 0 Å². The number of nitrogens with zero attached hydrogens (tertiary/aromatic N) is 2. The first kappa shape index (κ1) is 21.4. The summed E-state index contributed by atoms with van der Waals surface area (Å²) in [5, 5.41) is 1.06. The van der Waals surface area contributed by atoms with Gasteiger partial charge in [0.05, 0.1) is 10.5 Å². The maximum atomic E-state index is 13.4. The third kappa shape index (κ3) is 4.28. The zero-order valence-electron chi connectivity index (χ0n) is 18.2. The lowest BCUT2D eigenvalue weighted by Crippen LogP contribution is -2.38. The Labute approximate surface area is 192 Å². The van der Waals surface area contributed by atoms with Crippen LogP contribution in [0, 0.1) is 12.8 Å². The minimum Gasteiger partial charge on any atom is -0.461 e. The Morgan fingerprint density at radius 1 is 1.09 bits per heavy atom. The van der Waals surface area contributed by atoms with Gasteiger partial charge in [-0.2, -0.15) is 0 Å². The Bertz CT molecular complexity index is 1360. The number of pyridine rings is 1. The molecule has 2 heterocycles. The number of benzene rings is 2. The fourth-order valence-electron chi connectivity index (χ4n) is 4.18. The molecule has 1 aliphatic carbocycles. The molecule has 0 spiro atoms. The van der Waals surface area contributed by atoms with Crippen LogP contribution in [0.25, 0.3) is 11.0 Å². The molecule has 2 atom stereocenters. The number of hydrogen-bond donors (Lipinski definition) is 0. The zero-order chi connectivity index (χ0) is 23.0. The number of amides is 1. The third-order valence-corrected chi connectivity index (χ3v) is 7.98. The number of para-hydroxylation sites is 1. The maximum absolute atomic E-state index is 13.4. The second-order valence-electron chi connectivity index (χ2n) is 8.51. The molecule has 6 nitrogen and oxygen atoms in total. The smallest absolute Gasteiger partial charge is 0.269 e. The van der Waals surface area contributed by atoms with Crippen molar-refractivity contribution in [2.45, 2.75) is 30.6 Å². The lowest BCUT2D eigenvalue weighted by molar-refractivity contribution is 0.0858. The van der Waals surface area contributed by atoms with Crippen molar-refractivity contribution in [2.75, 3.05) is 6.54 Å². The normalized spacial score (nSPS) is 17.7. The van der Waals surface area contributed by atoms with Crippen LogP contribution in [-0.4, -0.2) is 30.2 Å². The lowest BCUT2D eigenvalue weighted by atomic mass is 10.2. The molecule has 1 saturated carbocycles. The van der Waals surface area contributed by atoms with Crippen molar-refractivity contribution in [2.24, 2.45) is 5.92 Å². The zero-order valence-corrected chi connectivity index (χ0v) is 19.0.